The third-order valence-electron chi connectivity index (χ3n) is 4.90. The molecule has 10 heteroatoms. The molecular weight excluding hydrogens is 372 g/mol. The minimum Gasteiger partial charge on any atom is -0.465 e. The number of pyridine rings is 1. The van der Waals surface area contributed by atoms with Gasteiger partial charge in [-0.05, 0) is 19.2 Å². The van der Waals surface area contributed by atoms with Crippen molar-refractivity contribution in [3.63, 3.8) is 0 Å². The van der Waals surface area contributed by atoms with E-state index >= 15 is 0 Å². The van der Waals surface area contributed by atoms with Crippen molar-refractivity contribution >= 4 is 29.4 Å². The average molecular weight is 389 g/mol. The third kappa shape index (κ3) is 2.98. The normalized spacial score (nSPS) is 22.8. The first-order valence-corrected chi connectivity index (χ1v) is 8.79. The SMILES string of the molecule is CN1CCN(C(=O)O)C(C2c3nccnc3C(=O)N2c2ccc(Cl)cn2)C1. The lowest BCUT2D eigenvalue weighted by molar-refractivity contribution is 0.0643. The number of carbonyl (C=O) groups excluding carboxylic acids is 1. The van der Waals surface area contributed by atoms with Crippen LogP contribution in [-0.2, 0) is 0 Å². The first-order chi connectivity index (χ1) is 13.0. The van der Waals surface area contributed by atoms with Crippen LogP contribution in [0.25, 0.3) is 0 Å². The van der Waals surface area contributed by atoms with E-state index in [9.17, 15) is 14.7 Å². The fourth-order valence-corrected chi connectivity index (χ4v) is 3.78. The maximum Gasteiger partial charge on any atom is 0.407 e. The van der Waals surface area contributed by atoms with Crippen molar-refractivity contribution in [1.29, 1.82) is 0 Å². The Morgan fingerprint density at radius 2 is 2.00 bits per heavy atom. The fraction of sp³-hybridized carbons (Fsp3) is 0.353. The van der Waals surface area contributed by atoms with Gasteiger partial charge in [0.1, 0.15) is 11.9 Å². The van der Waals surface area contributed by atoms with Crippen molar-refractivity contribution in [3.05, 3.63) is 47.1 Å². The molecule has 1 saturated heterocycles. The molecule has 4 heterocycles. The van der Waals surface area contributed by atoms with Crippen molar-refractivity contribution in [2.24, 2.45) is 0 Å². The number of halogens is 1. The fourth-order valence-electron chi connectivity index (χ4n) is 3.67. The van der Waals surface area contributed by atoms with Crippen LogP contribution in [0.2, 0.25) is 5.02 Å². The molecule has 0 saturated carbocycles. The number of likely N-dealkylation sites (N-methyl/N-ethyl adjacent to an activating group) is 1. The zero-order valence-corrected chi connectivity index (χ0v) is 15.2. The Kier molecular flexibility index (Phi) is 4.40. The van der Waals surface area contributed by atoms with Crippen molar-refractivity contribution in [2.75, 3.05) is 31.6 Å². The first kappa shape index (κ1) is 17.6. The molecule has 0 aliphatic carbocycles. The van der Waals surface area contributed by atoms with Crippen LogP contribution in [0.3, 0.4) is 0 Å². The van der Waals surface area contributed by atoms with Gasteiger partial charge in [0.15, 0.2) is 5.69 Å². The van der Waals surface area contributed by atoms with Gasteiger partial charge < -0.3 is 14.9 Å². The van der Waals surface area contributed by atoms with Gasteiger partial charge in [-0.1, -0.05) is 11.6 Å². The molecule has 2 amide bonds. The Balaban J connectivity index is 1.84. The summed E-state index contributed by atoms with van der Waals surface area (Å²) in [6.45, 7) is 1.43. The molecule has 0 radical (unpaired) electrons. The molecular formula is C17H17ClN6O3. The molecule has 2 atom stereocenters. The molecule has 4 rings (SSSR count). The minimum absolute atomic E-state index is 0.220. The first-order valence-electron chi connectivity index (χ1n) is 8.41. The Bertz CT molecular complexity index is 892. The molecule has 0 aromatic carbocycles. The van der Waals surface area contributed by atoms with E-state index in [-0.39, 0.29) is 11.6 Å². The van der Waals surface area contributed by atoms with Crippen LogP contribution in [0.1, 0.15) is 22.2 Å². The van der Waals surface area contributed by atoms with Crippen LogP contribution in [0.4, 0.5) is 10.6 Å². The van der Waals surface area contributed by atoms with E-state index < -0.39 is 18.2 Å². The topological polar surface area (TPSA) is 103 Å². The number of fused-ring (bicyclic) bond motifs is 1. The van der Waals surface area contributed by atoms with Gasteiger partial charge in [0.2, 0.25) is 0 Å². The molecule has 0 spiro atoms. The molecule has 0 bridgehead atoms. The Labute approximate surface area is 160 Å². The summed E-state index contributed by atoms with van der Waals surface area (Å²) in [6, 6.07) is 2.16. The average Bonchev–Trinajstić information content (AvgIpc) is 2.95. The second-order valence-electron chi connectivity index (χ2n) is 6.55. The summed E-state index contributed by atoms with van der Waals surface area (Å²) in [7, 11) is 1.92. The van der Waals surface area contributed by atoms with E-state index in [4.69, 9.17) is 11.6 Å². The second-order valence-corrected chi connectivity index (χ2v) is 6.99. The van der Waals surface area contributed by atoms with Crippen molar-refractivity contribution in [1.82, 2.24) is 24.8 Å². The van der Waals surface area contributed by atoms with Gasteiger partial charge in [-0.2, -0.15) is 0 Å². The summed E-state index contributed by atoms with van der Waals surface area (Å²) in [5.74, 6) is 0.0317. The number of hydrogen-bond donors (Lipinski definition) is 1. The maximum atomic E-state index is 13.1. The highest BCUT2D eigenvalue weighted by Crippen LogP contribution is 2.39. The number of amides is 2. The molecule has 1 fully saturated rings. The molecule has 140 valence electrons. The highest BCUT2D eigenvalue weighted by Gasteiger charge is 2.48. The van der Waals surface area contributed by atoms with E-state index in [2.05, 4.69) is 15.0 Å². The Morgan fingerprint density at radius 1 is 1.22 bits per heavy atom. The summed E-state index contributed by atoms with van der Waals surface area (Å²) in [5.41, 5.74) is 0.684. The van der Waals surface area contributed by atoms with Gasteiger partial charge in [-0.3, -0.25) is 14.7 Å². The van der Waals surface area contributed by atoms with Crippen LogP contribution in [0.15, 0.2) is 30.7 Å². The summed E-state index contributed by atoms with van der Waals surface area (Å²) in [6.07, 6.45) is 3.39. The predicted octanol–water partition coefficient (Wildman–Crippen LogP) is 1.52. The number of aromatic nitrogens is 3. The van der Waals surface area contributed by atoms with Crippen molar-refractivity contribution in [3.8, 4) is 0 Å². The summed E-state index contributed by atoms with van der Waals surface area (Å²) in [5, 5.41) is 10.1. The van der Waals surface area contributed by atoms with Gasteiger partial charge in [-0.15, -0.1) is 0 Å². The standard InChI is InChI=1S/C17H17ClN6O3/c1-22-6-7-23(17(26)27)11(9-22)15-13-14(20-5-4-19-13)16(25)24(15)12-3-2-10(18)8-21-12/h2-5,8,11,15H,6-7,9H2,1H3,(H,26,27). The quantitative estimate of drug-likeness (QED) is 0.831. The number of rotatable bonds is 2. The van der Waals surface area contributed by atoms with E-state index in [0.717, 1.165) is 0 Å². The number of hydrogen-bond acceptors (Lipinski definition) is 6. The van der Waals surface area contributed by atoms with Gasteiger partial charge in [0.25, 0.3) is 5.91 Å². The molecule has 2 aliphatic rings. The van der Waals surface area contributed by atoms with Gasteiger partial charge >= 0.3 is 6.09 Å². The molecule has 9 nitrogen and oxygen atoms in total. The largest absolute Gasteiger partial charge is 0.465 e. The van der Waals surface area contributed by atoms with Crippen LogP contribution < -0.4 is 4.90 Å². The van der Waals surface area contributed by atoms with Crippen LogP contribution in [0, 0.1) is 0 Å². The zero-order chi connectivity index (χ0) is 19.1. The Hall–Kier alpha value is -2.78. The lowest BCUT2D eigenvalue weighted by Crippen LogP contribution is -2.58. The van der Waals surface area contributed by atoms with Crippen molar-refractivity contribution < 1.29 is 14.7 Å². The summed E-state index contributed by atoms with van der Waals surface area (Å²) >= 11 is 5.93. The molecule has 2 aromatic rings. The van der Waals surface area contributed by atoms with Crippen molar-refractivity contribution in [2.45, 2.75) is 12.1 Å². The highest BCUT2D eigenvalue weighted by molar-refractivity contribution is 6.30. The number of nitrogens with zero attached hydrogens (tertiary/aromatic N) is 6. The maximum absolute atomic E-state index is 13.1. The second kappa shape index (κ2) is 6.75. The highest BCUT2D eigenvalue weighted by atomic mass is 35.5. The summed E-state index contributed by atoms with van der Waals surface area (Å²) < 4.78 is 0. The number of carboxylic acid groups (broad SMARTS) is 1. The predicted molar refractivity (Wildman–Crippen MR) is 96.8 cm³/mol. The van der Waals surface area contributed by atoms with Crippen LogP contribution >= 0.6 is 11.6 Å². The lowest BCUT2D eigenvalue weighted by atomic mass is 10.0. The van der Waals surface area contributed by atoms with Gasteiger partial charge in [-0.25, -0.2) is 14.8 Å². The Morgan fingerprint density at radius 3 is 2.70 bits per heavy atom. The summed E-state index contributed by atoms with van der Waals surface area (Å²) in [4.78, 5) is 42.6. The molecule has 2 aromatic heterocycles. The third-order valence-corrected chi connectivity index (χ3v) is 5.12. The minimum atomic E-state index is -1.03. The number of piperazine rings is 1. The van der Waals surface area contributed by atoms with Crippen LogP contribution in [-0.4, -0.2) is 74.6 Å². The van der Waals surface area contributed by atoms with E-state index in [1.807, 2.05) is 11.9 Å². The molecule has 27 heavy (non-hydrogen) atoms. The van der Waals surface area contributed by atoms with E-state index in [1.54, 1.807) is 12.1 Å². The van der Waals surface area contributed by atoms with Crippen LogP contribution in [0.5, 0.6) is 0 Å². The smallest absolute Gasteiger partial charge is 0.407 e. The van der Waals surface area contributed by atoms with E-state index in [1.165, 1.54) is 28.4 Å². The van der Waals surface area contributed by atoms with Gasteiger partial charge in [0.05, 0.1) is 16.8 Å². The molecule has 1 N–H and O–H groups in total. The van der Waals surface area contributed by atoms with Gasteiger partial charge in [0, 0.05) is 38.2 Å². The number of anilines is 1. The lowest BCUT2D eigenvalue weighted by Gasteiger charge is -2.43. The molecule has 2 aliphatic heterocycles. The zero-order valence-electron chi connectivity index (χ0n) is 14.5. The van der Waals surface area contributed by atoms with E-state index in [0.29, 0.717) is 36.2 Å². The monoisotopic (exact) mass is 388 g/mol. The molecule has 2 unspecified atom stereocenters. The number of carbonyl (C=O) groups is 2.